The van der Waals surface area contributed by atoms with Crippen molar-refractivity contribution in [3.05, 3.63) is 29.3 Å². The number of amides is 1. The first kappa shape index (κ1) is 11.5. The Balaban J connectivity index is 2.04. The van der Waals surface area contributed by atoms with Gasteiger partial charge in [0, 0.05) is 19.0 Å². The molecule has 1 saturated heterocycles. The number of nitrogens with zero attached hydrogens (tertiary/aromatic N) is 1. The molecule has 1 fully saturated rings. The predicted octanol–water partition coefficient (Wildman–Crippen LogP) is 1.56. The summed E-state index contributed by atoms with van der Waals surface area (Å²) in [5, 5.41) is 15.2. The minimum atomic E-state index is 0.113. The number of hydrogen-bond acceptors (Lipinski definition) is 3. The van der Waals surface area contributed by atoms with Crippen LogP contribution in [0.15, 0.2) is 18.2 Å². The number of nitrogens with one attached hydrogen (secondary N) is 2. The Morgan fingerprint density at radius 1 is 1.59 bits per heavy atom. The van der Waals surface area contributed by atoms with Crippen LogP contribution in [-0.2, 0) is 4.79 Å². The van der Waals surface area contributed by atoms with Crippen molar-refractivity contribution >= 4 is 11.6 Å². The lowest BCUT2D eigenvalue weighted by Gasteiger charge is -2.15. The molecule has 2 rings (SSSR count). The third-order valence-electron chi connectivity index (χ3n) is 3.00. The summed E-state index contributed by atoms with van der Waals surface area (Å²) in [5.41, 5.74) is 2.57. The van der Waals surface area contributed by atoms with Crippen LogP contribution in [0.2, 0.25) is 0 Å². The Bertz CT molecular complexity index is 476. The Morgan fingerprint density at radius 2 is 2.41 bits per heavy atom. The first-order valence-corrected chi connectivity index (χ1v) is 5.73. The second kappa shape index (κ2) is 4.88. The van der Waals surface area contributed by atoms with Gasteiger partial charge in [-0.3, -0.25) is 4.79 Å². The maximum Gasteiger partial charge on any atom is 0.220 e. The molecule has 0 aliphatic carbocycles. The molecule has 2 N–H and O–H groups in total. The molecular formula is C13H15N3O. The van der Waals surface area contributed by atoms with Crippen LogP contribution in [-0.4, -0.2) is 18.5 Å². The van der Waals surface area contributed by atoms with Crippen molar-refractivity contribution in [1.29, 1.82) is 5.26 Å². The molecule has 0 radical (unpaired) electrons. The average molecular weight is 229 g/mol. The van der Waals surface area contributed by atoms with Crippen LogP contribution < -0.4 is 10.6 Å². The highest BCUT2D eigenvalue weighted by atomic mass is 16.1. The standard InChI is InChI=1S/C13H15N3O/c1-9-3-2-4-10(7-14)13(9)15-8-11-5-6-12(17)16-11/h2-4,11,15H,5-6,8H2,1H3,(H,16,17). The molecule has 1 heterocycles. The Kier molecular flexibility index (Phi) is 3.29. The summed E-state index contributed by atoms with van der Waals surface area (Å²) >= 11 is 0. The second-order valence-electron chi connectivity index (χ2n) is 4.29. The number of anilines is 1. The highest BCUT2D eigenvalue weighted by Gasteiger charge is 2.20. The fraction of sp³-hybridized carbons (Fsp3) is 0.385. The molecule has 1 atom stereocenters. The molecule has 0 aromatic heterocycles. The molecule has 0 spiro atoms. The van der Waals surface area contributed by atoms with E-state index >= 15 is 0 Å². The number of carbonyl (C=O) groups is 1. The van der Waals surface area contributed by atoms with Crippen LogP contribution in [0.5, 0.6) is 0 Å². The molecule has 1 unspecified atom stereocenters. The lowest BCUT2D eigenvalue weighted by Crippen LogP contribution is -2.32. The number of nitriles is 1. The average Bonchev–Trinajstić information content (AvgIpc) is 2.73. The summed E-state index contributed by atoms with van der Waals surface area (Å²) in [4.78, 5) is 11.1. The molecule has 0 saturated carbocycles. The molecular weight excluding hydrogens is 214 g/mol. The fourth-order valence-electron chi connectivity index (χ4n) is 2.05. The molecule has 0 bridgehead atoms. The summed E-state index contributed by atoms with van der Waals surface area (Å²) < 4.78 is 0. The number of para-hydroxylation sites is 1. The van der Waals surface area contributed by atoms with Crippen LogP contribution in [0, 0.1) is 18.3 Å². The first-order chi connectivity index (χ1) is 8.20. The SMILES string of the molecule is Cc1cccc(C#N)c1NCC1CCC(=O)N1. The van der Waals surface area contributed by atoms with Crippen molar-refractivity contribution in [2.45, 2.75) is 25.8 Å². The van der Waals surface area contributed by atoms with E-state index in [0.717, 1.165) is 17.7 Å². The van der Waals surface area contributed by atoms with Crippen molar-refractivity contribution < 1.29 is 4.79 Å². The number of hydrogen-bond donors (Lipinski definition) is 2. The van der Waals surface area contributed by atoms with Crippen LogP contribution in [0.25, 0.3) is 0 Å². The van der Waals surface area contributed by atoms with Crippen LogP contribution in [0.3, 0.4) is 0 Å². The molecule has 1 aromatic rings. The van der Waals surface area contributed by atoms with Crippen LogP contribution in [0.1, 0.15) is 24.0 Å². The molecule has 4 heteroatoms. The number of carbonyl (C=O) groups excluding carboxylic acids is 1. The molecule has 1 aromatic carbocycles. The zero-order valence-corrected chi connectivity index (χ0v) is 9.79. The maximum atomic E-state index is 11.1. The smallest absolute Gasteiger partial charge is 0.220 e. The van der Waals surface area contributed by atoms with E-state index in [-0.39, 0.29) is 11.9 Å². The molecule has 1 amide bonds. The molecule has 88 valence electrons. The van der Waals surface area contributed by atoms with E-state index < -0.39 is 0 Å². The van der Waals surface area contributed by atoms with E-state index in [1.165, 1.54) is 0 Å². The molecule has 17 heavy (non-hydrogen) atoms. The molecule has 1 aliphatic rings. The van der Waals surface area contributed by atoms with Crippen molar-refractivity contribution in [3.63, 3.8) is 0 Å². The summed E-state index contributed by atoms with van der Waals surface area (Å²) in [5.74, 6) is 0.113. The van der Waals surface area contributed by atoms with Gasteiger partial charge in [0.25, 0.3) is 0 Å². The van der Waals surface area contributed by atoms with Gasteiger partial charge in [0.1, 0.15) is 6.07 Å². The van der Waals surface area contributed by atoms with E-state index in [0.29, 0.717) is 18.5 Å². The topological polar surface area (TPSA) is 64.9 Å². The van der Waals surface area contributed by atoms with Gasteiger partial charge in [0.15, 0.2) is 0 Å². The van der Waals surface area contributed by atoms with Gasteiger partial charge in [0.05, 0.1) is 11.3 Å². The van der Waals surface area contributed by atoms with Crippen molar-refractivity contribution in [1.82, 2.24) is 5.32 Å². The van der Waals surface area contributed by atoms with E-state index in [1.54, 1.807) is 6.07 Å². The van der Waals surface area contributed by atoms with Crippen molar-refractivity contribution in [2.24, 2.45) is 0 Å². The second-order valence-corrected chi connectivity index (χ2v) is 4.29. The van der Waals surface area contributed by atoms with Gasteiger partial charge in [-0.25, -0.2) is 0 Å². The molecule has 1 aliphatic heterocycles. The van der Waals surface area contributed by atoms with Gasteiger partial charge in [-0.15, -0.1) is 0 Å². The largest absolute Gasteiger partial charge is 0.382 e. The normalized spacial score (nSPS) is 18.6. The van der Waals surface area contributed by atoms with E-state index in [1.807, 2.05) is 19.1 Å². The zero-order valence-electron chi connectivity index (χ0n) is 9.79. The third-order valence-corrected chi connectivity index (χ3v) is 3.00. The lowest BCUT2D eigenvalue weighted by molar-refractivity contribution is -0.119. The monoisotopic (exact) mass is 229 g/mol. The summed E-state index contributed by atoms with van der Waals surface area (Å²) in [7, 11) is 0. The summed E-state index contributed by atoms with van der Waals surface area (Å²) in [6.07, 6.45) is 1.46. The quantitative estimate of drug-likeness (QED) is 0.826. The van der Waals surface area contributed by atoms with E-state index in [9.17, 15) is 4.79 Å². The van der Waals surface area contributed by atoms with Crippen LogP contribution in [0.4, 0.5) is 5.69 Å². The van der Waals surface area contributed by atoms with Gasteiger partial charge in [-0.1, -0.05) is 12.1 Å². The van der Waals surface area contributed by atoms with Crippen molar-refractivity contribution in [2.75, 3.05) is 11.9 Å². The minimum absolute atomic E-state index is 0.113. The zero-order chi connectivity index (χ0) is 12.3. The maximum absolute atomic E-state index is 11.1. The van der Waals surface area contributed by atoms with Gasteiger partial charge < -0.3 is 10.6 Å². The Labute approximate surface area is 101 Å². The van der Waals surface area contributed by atoms with Gasteiger partial charge in [-0.2, -0.15) is 5.26 Å². The van der Waals surface area contributed by atoms with Gasteiger partial charge in [-0.05, 0) is 25.0 Å². The Hall–Kier alpha value is -2.02. The molecule has 4 nitrogen and oxygen atoms in total. The van der Waals surface area contributed by atoms with E-state index in [4.69, 9.17) is 5.26 Å². The number of aryl methyl sites for hydroxylation is 1. The van der Waals surface area contributed by atoms with Gasteiger partial charge in [0.2, 0.25) is 5.91 Å². The minimum Gasteiger partial charge on any atom is -0.382 e. The Morgan fingerprint density at radius 3 is 3.06 bits per heavy atom. The van der Waals surface area contributed by atoms with Gasteiger partial charge >= 0.3 is 0 Å². The highest BCUT2D eigenvalue weighted by Crippen LogP contribution is 2.20. The van der Waals surface area contributed by atoms with Crippen LogP contribution >= 0.6 is 0 Å². The number of benzene rings is 1. The summed E-state index contributed by atoms with van der Waals surface area (Å²) in [6.45, 7) is 2.64. The number of rotatable bonds is 3. The van der Waals surface area contributed by atoms with Crippen molar-refractivity contribution in [3.8, 4) is 6.07 Å². The summed E-state index contributed by atoms with van der Waals surface area (Å²) in [6, 6.07) is 7.98. The highest BCUT2D eigenvalue weighted by molar-refractivity contribution is 5.78. The fourth-order valence-corrected chi connectivity index (χ4v) is 2.05. The predicted molar refractivity (Wildman–Crippen MR) is 65.5 cm³/mol. The third kappa shape index (κ3) is 2.56. The lowest BCUT2D eigenvalue weighted by atomic mass is 10.1. The first-order valence-electron chi connectivity index (χ1n) is 5.73. The van der Waals surface area contributed by atoms with E-state index in [2.05, 4.69) is 16.7 Å².